The second-order valence-corrected chi connectivity index (χ2v) is 8.58. The smallest absolute Gasteiger partial charge is 0.256 e. The molecule has 34 heavy (non-hydrogen) atoms. The number of anilines is 1. The number of aryl methyl sites for hydroxylation is 1. The largest absolute Gasteiger partial charge is 0.355 e. The van der Waals surface area contributed by atoms with Gasteiger partial charge in [0.25, 0.3) is 5.91 Å². The number of rotatable bonds is 8. The molecule has 0 saturated heterocycles. The predicted octanol–water partition coefficient (Wildman–Crippen LogP) is 5.27. The number of unbranched alkanes of at least 4 members (excludes halogenated alkanes) is 1. The van der Waals surface area contributed by atoms with Crippen LogP contribution in [0.4, 0.5) is 5.69 Å². The summed E-state index contributed by atoms with van der Waals surface area (Å²) >= 11 is 0. The quantitative estimate of drug-likeness (QED) is 0.284. The van der Waals surface area contributed by atoms with Crippen LogP contribution in [0.1, 0.15) is 29.5 Å². The maximum absolute atomic E-state index is 12.6. The molecule has 1 aliphatic rings. The van der Waals surface area contributed by atoms with Crippen molar-refractivity contribution in [2.75, 3.05) is 11.9 Å². The average molecular weight is 450 g/mol. The number of hydrogen-bond donors (Lipinski definition) is 2. The van der Waals surface area contributed by atoms with Crippen molar-refractivity contribution in [3.63, 3.8) is 0 Å². The van der Waals surface area contributed by atoms with Crippen LogP contribution in [-0.2, 0) is 22.6 Å². The highest BCUT2D eigenvalue weighted by Gasteiger charge is 2.24. The molecule has 1 aromatic heterocycles. The van der Waals surface area contributed by atoms with Gasteiger partial charge in [-0.3, -0.25) is 9.59 Å². The zero-order valence-electron chi connectivity index (χ0n) is 19.0. The minimum Gasteiger partial charge on any atom is -0.355 e. The van der Waals surface area contributed by atoms with Crippen LogP contribution in [0.15, 0.2) is 85.1 Å². The van der Waals surface area contributed by atoms with Crippen LogP contribution in [0, 0.1) is 0 Å². The van der Waals surface area contributed by atoms with E-state index in [0.29, 0.717) is 12.1 Å². The van der Waals surface area contributed by atoms with Crippen LogP contribution >= 0.6 is 0 Å². The molecule has 0 spiro atoms. The number of carbonyl (C=O) groups is 2. The molecule has 2 N–H and O–H groups in total. The Labute approximate surface area is 199 Å². The Morgan fingerprint density at radius 2 is 1.68 bits per heavy atom. The molecule has 0 radical (unpaired) electrons. The summed E-state index contributed by atoms with van der Waals surface area (Å²) in [5.74, 6) is -0.116. The summed E-state index contributed by atoms with van der Waals surface area (Å²) in [6.07, 6.45) is 6.88. The van der Waals surface area contributed by atoms with Crippen molar-refractivity contribution < 1.29 is 9.59 Å². The Balaban J connectivity index is 1.27. The van der Waals surface area contributed by atoms with Gasteiger partial charge in [-0.25, -0.2) is 0 Å². The molecule has 2 amide bonds. The van der Waals surface area contributed by atoms with Crippen molar-refractivity contribution in [1.82, 2.24) is 9.88 Å². The molecule has 0 unspecified atom stereocenters. The maximum Gasteiger partial charge on any atom is 0.256 e. The molecule has 5 rings (SSSR count). The minimum atomic E-state index is -0.105. The minimum absolute atomic E-state index is 0.0105. The second kappa shape index (κ2) is 9.79. The predicted molar refractivity (Wildman–Crippen MR) is 137 cm³/mol. The van der Waals surface area contributed by atoms with E-state index in [1.54, 1.807) is 0 Å². The van der Waals surface area contributed by atoms with Crippen molar-refractivity contribution >= 4 is 40.1 Å². The van der Waals surface area contributed by atoms with E-state index in [0.717, 1.165) is 47.0 Å². The van der Waals surface area contributed by atoms with Gasteiger partial charge in [-0.05, 0) is 43.0 Å². The van der Waals surface area contributed by atoms with Crippen molar-refractivity contribution in [3.8, 4) is 0 Å². The Morgan fingerprint density at radius 1 is 0.912 bits per heavy atom. The molecule has 5 heteroatoms. The topological polar surface area (TPSA) is 63.1 Å². The van der Waals surface area contributed by atoms with Gasteiger partial charge in [0.2, 0.25) is 5.91 Å². The van der Waals surface area contributed by atoms with Gasteiger partial charge in [0.15, 0.2) is 0 Å². The lowest BCUT2D eigenvalue weighted by Crippen LogP contribution is -2.28. The summed E-state index contributed by atoms with van der Waals surface area (Å²) in [6.45, 7) is 0.907. The number of aromatic nitrogens is 1. The van der Waals surface area contributed by atoms with Crippen LogP contribution in [-0.4, -0.2) is 22.9 Å². The monoisotopic (exact) mass is 449 g/mol. The number of hydrogen-bond acceptors (Lipinski definition) is 2. The molecule has 5 nitrogen and oxygen atoms in total. The Hall–Kier alpha value is -4.12. The van der Waals surface area contributed by atoms with Crippen LogP contribution in [0.2, 0.25) is 0 Å². The normalized spacial score (nSPS) is 13.8. The first-order chi connectivity index (χ1) is 16.7. The molecule has 0 fully saturated rings. The van der Waals surface area contributed by atoms with Gasteiger partial charge in [0, 0.05) is 46.0 Å². The second-order valence-electron chi connectivity index (χ2n) is 8.58. The van der Waals surface area contributed by atoms with Gasteiger partial charge in [0.1, 0.15) is 6.54 Å². The molecule has 170 valence electrons. The van der Waals surface area contributed by atoms with Gasteiger partial charge in [-0.1, -0.05) is 66.7 Å². The number of benzene rings is 3. The standard InChI is InChI=1S/C29H27N3O2/c33-28(30-17-9-8-12-21-10-2-1-3-11-21)20-32-19-22(23-13-5-7-16-27(23)32)18-25-24-14-4-6-15-26(24)31-29(25)34/h1-7,10-11,13-16,18-19H,8-9,12,17,20H2,(H,30,33)(H,31,34). The number of amides is 2. The van der Waals surface area contributed by atoms with Crippen LogP contribution in [0.25, 0.3) is 22.6 Å². The molecular formula is C29H27N3O2. The lowest BCUT2D eigenvalue weighted by Gasteiger charge is -2.07. The highest BCUT2D eigenvalue weighted by molar-refractivity contribution is 6.35. The van der Waals surface area contributed by atoms with Crippen LogP contribution in [0.5, 0.6) is 0 Å². The fourth-order valence-electron chi connectivity index (χ4n) is 4.50. The molecule has 3 aromatic carbocycles. The summed E-state index contributed by atoms with van der Waals surface area (Å²) in [6, 6.07) is 26.1. The van der Waals surface area contributed by atoms with Crippen LogP contribution < -0.4 is 10.6 Å². The molecular weight excluding hydrogens is 422 g/mol. The van der Waals surface area contributed by atoms with E-state index < -0.39 is 0 Å². The fraction of sp³-hybridized carbons (Fsp3) is 0.172. The van der Waals surface area contributed by atoms with E-state index in [-0.39, 0.29) is 18.4 Å². The first-order valence-electron chi connectivity index (χ1n) is 11.7. The van der Waals surface area contributed by atoms with E-state index in [9.17, 15) is 9.59 Å². The third-order valence-corrected chi connectivity index (χ3v) is 6.20. The molecule has 0 bridgehead atoms. The van der Waals surface area contributed by atoms with Gasteiger partial charge in [-0.2, -0.15) is 0 Å². The van der Waals surface area contributed by atoms with E-state index >= 15 is 0 Å². The van der Waals surface area contributed by atoms with Gasteiger partial charge < -0.3 is 15.2 Å². The molecule has 0 atom stereocenters. The molecule has 4 aromatic rings. The van der Waals surface area contributed by atoms with E-state index in [1.807, 2.05) is 71.4 Å². The third kappa shape index (κ3) is 4.64. The number of fused-ring (bicyclic) bond motifs is 2. The lowest BCUT2D eigenvalue weighted by atomic mass is 10.0. The Morgan fingerprint density at radius 3 is 2.56 bits per heavy atom. The summed E-state index contributed by atoms with van der Waals surface area (Å²) in [5.41, 5.74) is 5.59. The molecule has 0 aliphatic carbocycles. The Bertz CT molecular complexity index is 1370. The van der Waals surface area contributed by atoms with E-state index in [2.05, 4.69) is 34.9 Å². The summed E-state index contributed by atoms with van der Waals surface area (Å²) in [5, 5.41) is 6.98. The Kier molecular flexibility index (Phi) is 6.25. The van der Waals surface area contributed by atoms with Gasteiger partial charge in [0.05, 0.1) is 0 Å². The van der Waals surface area contributed by atoms with E-state index in [4.69, 9.17) is 0 Å². The summed E-state index contributed by atoms with van der Waals surface area (Å²) in [7, 11) is 0. The summed E-state index contributed by atoms with van der Waals surface area (Å²) in [4.78, 5) is 25.2. The SMILES string of the molecule is O=C(Cn1cc(C=C2C(=O)Nc3ccccc32)c2ccccc21)NCCCCc1ccccc1. The lowest BCUT2D eigenvalue weighted by molar-refractivity contribution is -0.121. The van der Waals surface area contributed by atoms with Crippen molar-refractivity contribution in [1.29, 1.82) is 0 Å². The summed E-state index contributed by atoms with van der Waals surface area (Å²) < 4.78 is 1.96. The van der Waals surface area contributed by atoms with Crippen LogP contribution in [0.3, 0.4) is 0 Å². The third-order valence-electron chi connectivity index (χ3n) is 6.20. The average Bonchev–Trinajstić information content (AvgIpc) is 3.37. The number of nitrogens with zero attached hydrogens (tertiary/aromatic N) is 1. The number of nitrogens with one attached hydrogen (secondary N) is 2. The van der Waals surface area contributed by atoms with Crippen molar-refractivity contribution in [3.05, 3.63) is 102 Å². The highest BCUT2D eigenvalue weighted by atomic mass is 16.2. The van der Waals surface area contributed by atoms with Crippen molar-refractivity contribution in [2.24, 2.45) is 0 Å². The highest BCUT2D eigenvalue weighted by Crippen LogP contribution is 2.34. The molecule has 1 aliphatic heterocycles. The first-order valence-corrected chi connectivity index (χ1v) is 11.7. The first kappa shape index (κ1) is 21.7. The van der Waals surface area contributed by atoms with Gasteiger partial charge in [-0.15, -0.1) is 0 Å². The molecule has 2 heterocycles. The number of carbonyl (C=O) groups excluding carboxylic acids is 2. The zero-order valence-corrected chi connectivity index (χ0v) is 19.0. The van der Waals surface area contributed by atoms with Crippen molar-refractivity contribution in [2.45, 2.75) is 25.8 Å². The molecule has 0 saturated carbocycles. The van der Waals surface area contributed by atoms with Gasteiger partial charge >= 0.3 is 0 Å². The zero-order chi connectivity index (χ0) is 23.3. The number of para-hydroxylation sites is 2. The maximum atomic E-state index is 12.6. The fourth-order valence-corrected chi connectivity index (χ4v) is 4.50. The van der Waals surface area contributed by atoms with E-state index in [1.165, 1.54) is 5.56 Å².